The Bertz CT molecular complexity index is 197. The van der Waals surface area contributed by atoms with Crippen LogP contribution in [0.1, 0.15) is 29.4 Å². The lowest BCUT2D eigenvalue weighted by Gasteiger charge is -2.27. The van der Waals surface area contributed by atoms with Crippen molar-refractivity contribution >= 4 is 0 Å². The Hall–Kier alpha value is -0.0800. The van der Waals surface area contributed by atoms with Crippen molar-refractivity contribution in [3.05, 3.63) is 0 Å². The van der Waals surface area contributed by atoms with E-state index in [4.69, 9.17) is 12.2 Å². The Morgan fingerprint density at radius 2 is 2.70 bits per heavy atom. The Balaban J connectivity index is 2.27. The molecule has 10 heavy (non-hydrogen) atoms. The molecule has 2 rings (SSSR count). The zero-order chi connectivity index (χ0) is 8.93. The third-order valence-electron chi connectivity index (χ3n) is 2.30. The first-order chi connectivity index (χ1) is 5.58. The highest BCUT2D eigenvalue weighted by Crippen LogP contribution is 2.41. The van der Waals surface area contributed by atoms with Gasteiger partial charge in [0.15, 0.2) is 0 Å². The van der Waals surface area contributed by atoms with Crippen LogP contribution >= 0.6 is 0 Å². The predicted octanol–water partition coefficient (Wildman–Crippen LogP) is 1.34. The summed E-state index contributed by atoms with van der Waals surface area (Å²) in [5.74, 6) is 0. The summed E-state index contributed by atoms with van der Waals surface area (Å²) in [5, 5.41) is 0. The lowest BCUT2D eigenvalue weighted by atomic mass is 10.00. The number of ether oxygens (including phenoxy) is 2. The molecule has 2 fully saturated rings. The molecule has 2 heterocycles. The van der Waals surface area contributed by atoms with Crippen LogP contribution in [-0.2, 0) is 9.47 Å². The minimum Gasteiger partial charge on any atom is -0.372 e. The molecule has 2 saturated heterocycles. The van der Waals surface area contributed by atoms with Gasteiger partial charge >= 0.3 is 0 Å². The van der Waals surface area contributed by atoms with Crippen molar-refractivity contribution < 1.29 is 12.2 Å². The van der Waals surface area contributed by atoms with Gasteiger partial charge in [0, 0.05) is 9.14 Å². The summed E-state index contributed by atoms with van der Waals surface area (Å²) >= 11 is 0. The Morgan fingerprint density at radius 1 is 1.90 bits per heavy atom. The van der Waals surface area contributed by atoms with E-state index in [9.17, 15) is 0 Å². The molecule has 0 radical (unpaired) electrons. The van der Waals surface area contributed by atoms with Gasteiger partial charge in [-0.15, -0.1) is 0 Å². The Labute approximate surface area is 64.3 Å². The van der Waals surface area contributed by atoms with Crippen molar-refractivity contribution in [2.75, 3.05) is 6.61 Å². The monoisotopic (exact) mass is 146 g/mol. The molecule has 2 aliphatic heterocycles. The molecule has 0 aliphatic carbocycles. The van der Waals surface area contributed by atoms with E-state index in [1.165, 1.54) is 0 Å². The van der Waals surface area contributed by atoms with Gasteiger partial charge in [0.2, 0.25) is 0 Å². The zero-order valence-electron chi connectivity index (χ0n) is 8.33. The summed E-state index contributed by atoms with van der Waals surface area (Å²) in [7, 11) is 0. The van der Waals surface area contributed by atoms with Gasteiger partial charge in [0.05, 0.1) is 24.4 Å². The average Bonchev–Trinajstić information content (AvgIpc) is 2.42. The third-order valence-corrected chi connectivity index (χ3v) is 2.30. The molecule has 2 aliphatic rings. The Morgan fingerprint density at radius 3 is 3.00 bits per heavy atom. The smallest absolute Gasteiger partial charge is 0.0942 e. The second-order valence-corrected chi connectivity index (χ2v) is 3.01. The van der Waals surface area contributed by atoms with Gasteiger partial charge in [0.25, 0.3) is 0 Å². The Kier molecular flexibility index (Phi) is 0.924. The fraction of sp³-hybridized carbons (Fsp3) is 1.00. The average molecular weight is 146 g/mol. The van der Waals surface area contributed by atoms with E-state index < -0.39 is 5.60 Å². The van der Waals surface area contributed by atoms with Gasteiger partial charge in [-0.1, -0.05) is 6.92 Å². The maximum absolute atomic E-state index is 7.85. The maximum atomic E-state index is 7.85. The largest absolute Gasteiger partial charge is 0.372 e. The van der Waals surface area contributed by atoms with E-state index in [0.717, 1.165) is 0 Å². The predicted molar refractivity (Wildman–Crippen MR) is 37.9 cm³/mol. The van der Waals surface area contributed by atoms with Crippen molar-refractivity contribution in [3.63, 3.8) is 0 Å². The van der Waals surface area contributed by atoms with Crippen LogP contribution in [0.4, 0.5) is 0 Å². The second kappa shape index (κ2) is 1.95. The molecule has 2 nitrogen and oxygen atoms in total. The molecule has 2 bridgehead atoms. The quantitative estimate of drug-likeness (QED) is 0.556. The summed E-state index contributed by atoms with van der Waals surface area (Å²) in [6.45, 7) is 4.10. The molecule has 0 aromatic heterocycles. The second-order valence-electron chi connectivity index (χ2n) is 3.01. The first kappa shape index (κ1) is 4.73. The van der Waals surface area contributed by atoms with Crippen molar-refractivity contribution in [1.82, 2.24) is 0 Å². The molecule has 2 heteroatoms. The van der Waals surface area contributed by atoms with Crippen LogP contribution < -0.4 is 0 Å². The van der Waals surface area contributed by atoms with Crippen LogP contribution in [0, 0.1) is 0 Å². The fourth-order valence-electron chi connectivity index (χ4n) is 1.61. The molecule has 0 amide bonds. The van der Waals surface area contributed by atoms with E-state index in [1.54, 1.807) is 6.92 Å². The SMILES string of the molecule is [3H][C@H](C)[C@]12CO[C@H]([C@H](C)O1)[C@H]2[3H]. The summed E-state index contributed by atoms with van der Waals surface area (Å²) in [4.78, 5) is 0. The van der Waals surface area contributed by atoms with Crippen LogP contribution in [0.15, 0.2) is 0 Å². The molecule has 58 valence electrons. The first-order valence-electron chi connectivity index (χ1n) is 4.87. The van der Waals surface area contributed by atoms with Gasteiger partial charge in [-0.3, -0.25) is 0 Å². The maximum Gasteiger partial charge on any atom is 0.0942 e. The first-order valence-corrected chi connectivity index (χ1v) is 3.72. The summed E-state index contributed by atoms with van der Waals surface area (Å²) in [6.07, 6.45) is -0.887. The topological polar surface area (TPSA) is 18.5 Å². The van der Waals surface area contributed by atoms with Crippen molar-refractivity contribution in [3.8, 4) is 0 Å². The molecule has 0 aromatic rings. The van der Waals surface area contributed by atoms with Crippen LogP contribution in [0.5, 0.6) is 0 Å². The normalized spacial score (nSPS) is 65.6. The van der Waals surface area contributed by atoms with Gasteiger partial charge in [-0.05, 0) is 13.3 Å². The van der Waals surface area contributed by atoms with Crippen LogP contribution in [0.25, 0.3) is 0 Å². The van der Waals surface area contributed by atoms with E-state index in [-0.39, 0.29) is 25.0 Å². The van der Waals surface area contributed by atoms with E-state index in [0.29, 0.717) is 6.61 Å². The van der Waals surface area contributed by atoms with E-state index in [1.807, 2.05) is 6.92 Å². The molecular weight excluding hydrogens is 128 g/mol. The standard InChI is InChI=1S/C8H14O2/c1-3-8-4-7(9-5-8)6(2)10-8/h6-7H,3-5H2,1-2H3/t6-,7-,8-/m0/s1/i3T,4T/t3-,4-,6+,7+,8+/m1. The molecule has 5 atom stereocenters. The highest BCUT2D eigenvalue weighted by Gasteiger charge is 2.50. The van der Waals surface area contributed by atoms with Crippen molar-refractivity contribution in [2.45, 2.75) is 44.5 Å². The molecular formula is C8H14O2. The van der Waals surface area contributed by atoms with Gasteiger partial charge in [-0.25, -0.2) is 0 Å². The van der Waals surface area contributed by atoms with Gasteiger partial charge < -0.3 is 9.47 Å². The van der Waals surface area contributed by atoms with Gasteiger partial charge in [-0.2, -0.15) is 0 Å². The zero-order valence-corrected chi connectivity index (χ0v) is 6.33. The third kappa shape index (κ3) is 0.722. The summed E-state index contributed by atoms with van der Waals surface area (Å²) in [6, 6.07) is 0. The number of rotatable bonds is 1. The van der Waals surface area contributed by atoms with E-state index >= 15 is 0 Å². The van der Waals surface area contributed by atoms with E-state index in [2.05, 4.69) is 0 Å². The summed E-state index contributed by atoms with van der Waals surface area (Å²) < 4.78 is 26.5. The van der Waals surface area contributed by atoms with Crippen LogP contribution in [0.3, 0.4) is 0 Å². The molecule has 0 unspecified atom stereocenters. The lowest BCUT2D eigenvalue weighted by Crippen LogP contribution is -2.35. The highest BCUT2D eigenvalue weighted by atomic mass is 16.6. The lowest BCUT2D eigenvalue weighted by molar-refractivity contribution is -0.135. The summed E-state index contributed by atoms with van der Waals surface area (Å²) in [5.41, 5.74) is -0.649. The minimum atomic E-state index is -0.649. The highest BCUT2D eigenvalue weighted by molar-refractivity contribution is 4.98. The molecule has 0 spiro atoms. The van der Waals surface area contributed by atoms with Crippen LogP contribution in [0.2, 0.25) is 0 Å². The van der Waals surface area contributed by atoms with Crippen molar-refractivity contribution in [2.24, 2.45) is 0 Å². The van der Waals surface area contributed by atoms with Crippen LogP contribution in [-0.4, -0.2) is 24.4 Å². The van der Waals surface area contributed by atoms with Gasteiger partial charge in [0.1, 0.15) is 0 Å². The van der Waals surface area contributed by atoms with Crippen molar-refractivity contribution in [1.29, 1.82) is 0 Å². The molecule has 0 N–H and O–H groups in total. The number of hydrogen-bond acceptors (Lipinski definition) is 2. The molecule has 0 aromatic carbocycles. The fourth-order valence-corrected chi connectivity index (χ4v) is 1.61. The molecule has 0 saturated carbocycles. The minimum absolute atomic E-state index is 0.0194. The number of fused-ring (bicyclic) bond motifs is 2. The number of hydrogen-bond donors (Lipinski definition) is 0.